The van der Waals surface area contributed by atoms with Gasteiger partial charge in [-0.3, -0.25) is 9.59 Å². The lowest BCUT2D eigenvalue weighted by atomic mass is 9.83. The van der Waals surface area contributed by atoms with Gasteiger partial charge < -0.3 is 14.5 Å². The van der Waals surface area contributed by atoms with Crippen LogP contribution in [0.5, 0.6) is 0 Å². The highest BCUT2D eigenvalue weighted by molar-refractivity contribution is 5.90. The molecular formula is C28H36N3O3+. The van der Waals surface area contributed by atoms with Gasteiger partial charge in [0.25, 0.3) is 5.91 Å². The van der Waals surface area contributed by atoms with Gasteiger partial charge >= 0.3 is 5.97 Å². The first-order chi connectivity index (χ1) is 16.6. The summed E-state index contributed by atoms with van der Waals surface area (Å²) in [5.74, 6) is 1.55. The van der Waals surface area contributed by atoms with Gasteiger partial charge in [-0.1, -0.05) is 42.8 Å². The number of nitrogens with one attached hydrogen (secondary N) is 1. The summed E-state index contributed by atoms with van der Waals surface area (Å²) in [4.78, 5) is 30.1. The number of carbonyl (C=O) groups is 2. The van der Waals surface area contributed by atoms with Crippen molar-refractivity contribution in [2.75, 3.05) is 31.5 Å². The molecule has 2 bridgehead atoms. The number of rotatable bonds is 6. The van der Waals surface area contributed by atoms with Crippen molar-refractivity contribution in [3.63, 3.8) is 0 Å². The van der Waals surface area contributed by atoms with Gasteiger partial charge in [0.05, 0.1) is 19.0 Å². The average molecular weight is 463 g/mol. The molecule has 34 heavy (non-hydrogen) atoms. The van der Waals surface area contributed by atoms with E-state index >= 15 is 0 Å². The van der Waals surface area contributed by atoms with Crippen molar-refractivity contribution in [3.8, 4) is 0 Å². The number of hydrogen-bond acceptors (Lipinski definition) is 4. The summed E-state index contributed by atoms with van der Waals surface area (Å²) in [6, 6.07) is 16.2. The quantitative estimate of drug-likeness (QED) is 0.389. The number of ether oxygens (including phenoxy) is 1. The van der Waals surface area contributed by atoms with Crippen LogP contribution in [0.3, 0.4) is 0 Å². The van der Waals surface area contributed by atoms with Gasteiger partial charge in [0.2, 0.25) is 0 Å². The van der Waals surface area contributed by atoms with Crippen LogP contribution in [0.15, 0.2) is 54.7 Å². The average Bonchev–Trinajstić information content (AvgIpc) is 3.12. The fourth-order valence-electron chi connectivity index (χ4n) is 6.34. The van der Waals surface area contributed by atoms with Crippen molar-refractivity contribution in [2.45, 2.75) is 57.0 Å². The molecule has 1 saturated carbocycles. The van der Waals surface area contributed by atoms with Gasteiger partial charge in [0, 0.05) is 25.0 Å². The summed E-state index contributed by atoms with van der Waals surface area (Å²) in [5.41, 5.74) is 1.39. The number of amides is 1. The topological polar surface area (TPSA) is 68.3 Å². The van der Waals surface area contributed by atoms with Crippen molar-refractivity contribution in [3.05, 3.63) is 60.3 Å². The smallest absolute Gasteiger partial charge is 0.309 e. The number of fused-ring (bicyclic) bond motifs is 3. The summed E-state index contributed by atoms with van der Waals surface area (Å²) < 4.78 is 6.90. The van der Waals surface area contributed by atoms with Crippen LogP contribution >= 0.6 is 0 Å². The predicted octanol–water partition coefficient (Wildman–Crippen LogP) is 4.54. The Balaban J connectivity index is 1.16. The second kappa shape index (κ2) is 10.3. The first-order valence-electron chi connectivity index (χ1n) is 12.9. The highest BCUT2D eigenvalue weighted by Gasteiger charge is 2.49. The van der Waals surface area contributed by atoms with E-state index in [-0.39, 0.29) is 23.9 Å². The van der Waals surface area contributed by atoms with Gasteiger partial charge in [0.1, 0.15) is 12.4 Å². The van der Waals surface area contributed by atoms with Crippen LogP contribution in [0.25, 0.3) is 0 Å². The molecule has 1 aliphatic carbocycles. The molecule has 3 aliphatic heterocycles. The van der Waals surface area contributed by atoms with Crippen LogP contribution in [0.4, 0.5) is 5.82 Å². The molecule has 1 N–H and O–H groups in total. The molecular weight excluding hydrogens is 426 g/mol. The minimum Gasteiger partial charge on any atom is -0.456 e. The van der Waals surface area contributed by atoms with Crippen LogP contribution in [-0.2, 0) is 14.3 Å². The summed E-state index contributed by atoms with van der Waals surface area (Å²) in [7, 11) is 0. The van der Waals surface area contributed by atoms with Gasteiger partial charge in [0.15, 0.2) is 12.6 Å². The van der Waals surface area contributed by atoms with Crippen molar-refractivity contribution in [1.29, 1.82) is 0 Å². The molecule has 0 spiro atoms. The second-order valence-corrected chi connectivity index (χ2v) is 10.5. The Kier molecular flexibility index (Phi) is 6.95. The summed E-state index contributed by atoms with van der Waals surface area (Å²) in [6.45, 7) is 3.14. The molecule has 6 nitrogen and oxygen atoms in total. The predicted molar refractivity (Wildman–Crippen MR) is 131 cm³/mol. The SMILES string of the molecule is O=C(C[N+]12CCC(CC1)[C@@H](OC(=O)C1CCCC(c3ccccc3)CC1)C2)Nc1ccccn1. The Morgan fingerprint density at radius 1 is 0.941 bits per heavy atom. The highest BCUT2D eigenvalue weighted by atomic mass is 16.5. The largest absolute Gasteiger partial charge is 0.456 e. The molecule has 180 valence electrons. The molecule has 1 aromatic heterocycles. The second-order valence-electron chi connectivity index (χ2n) is 10.5. The van der Waals surface area contributed by atoms with Gasteiger partial charge in [-0.25, -0.2) is 4.98 Å². The van der Waals surface area contributed by atoms with Gasteiger partial charge in [-0.15, -0.1) is 0 Å². The number of aromatic nitrogens is 1. The van der Waals surface area contributed by atoms with Crippen LogP contribution in [-0.4, -0.2) is 53.6 Å². The number of quaternary nitrogens is 1. The number of pyridine rings is 1. The lowest BCUT2D eigenvalue weighted by Gasteiger charge is -2.51. The maximum atomic E-state index is 13.2. The molecule has 6 heteroatoms. The van der Waals surface area contributed by atoms with Crippen molar-refractivity contribution in [2.24, 2.45) is 11.8 Å². The zero-order chi connectivity index (χ0) is 23.4. The Bertz CT molecular complexity index is 973. The number of esters is 1. The molecule has 0 radical (unpaired) electrons. The van der Waals surface area contributed by atoms with E-state index < -0.39 is 0 Å². The molecule has 1 amide bonds. The summed E-state index contributed by atoms with van der Waals surface area (Å²) in [6.07, 6.45) is 8.75. The fourth-order valence-corrected chi connectivity index (χ4v) is 6.34. The third kappa shape index (κ3) is 5.33. The number of piperidine rings is 3. The van der Waals surface area contributed by atoms with Crippen LogP contribution in [0.1, 0.15) is 56.4 Å². The molecule has 4 aliphatic rings. The number of carbonyl (C=O) groups excluding carboxylic acids is 2. The Morgan fingerprint density at radius 2 is 1.74 bits per heavy atom. The van der Waals surface area contributed by atoms with E-state index in [2.05, 4.69) is 40.6 Å². The van der Waals surface area contributed by atoms with E-state index in [1.807, 2.05) is 12.1 Å². The van der Waals surface area contributed by atoms with E-state index in [1.165, 1.54) is 5.56 Å². The van der Waals surface area contributed by atoms with Crippen molar-refractivity contribution >= 4 is 17.7 Å². The third-order valence-corrected chi connectivity index (χ3v) is 8.29. The number of nitrogens with zero attached hydrogens (tertiary/aromatic N) is 2. The number of anilines is 1. The standard InChI is InChI=1S/C28H35N3O3/c32-27(30-26-11-4-5-16-29-26)20-31-17-14-23(15-18-31)25(19-31)34-28(33)24-10-6-9-22(12-13-24)21-7-2-1-3-8-21/h1-5,7-8,11,16,22-25H,6,9-10,12-15,17-20H2/p+1/t22?,23?,24?,25-,31?/m0/s1. The lowest BCUT2D eigenvalue weighted by Crippen LogP contribution is -2.66. The molecule has 3 saturated heterocycles. The van der Waals surface area contributed by atoms with E-state index in [4.69, 9.17) is 4.74 Å². The Hall–Kier alpha value is -2.73. The zero-order valence-corrected chi connectivity index (χ0v) is 19.9. The fraction of sp³-hybridized carbons (Fsp3) is 0.536. The normalized spacial score (nSPS) is 30.8. The zero-order valence-electron chi connectivity index (χ0n) is 19.9. The van der Waals surface area contributed by atoms with Crippen LogP contribution in [0, 0.1) is 11.8 Å². The monoisotopic (exact) mass is 462 g/mol. The minimum absolute atomic E-state index is 0.00469. The Labute approximate surface area is 202 Å². The van der Waals surface area contributed by atoms with E-state index in [1.54, 1.807) is 12.3 Å². The highest BCUT2D eigenvalue weighted by Crippen LogP contribution is 2.38. The minimum atomic E-state index is -0.0641. The molecule has 6 rings (SSSR count). The molecule has 2 aromatic rings. The van der Waals surface area contributed by atoms with Crippen molar-refractivity contribution in [1.82, 2.24) is 4.98 Å². The summed E-state index contributed by atoms with van der Waals surface area (Å²) >= 11 is 0. The molecule has 1 aromatic carbocycles. The van der Waals surface area contributed by atoms with E-state index in [9.17, 15) is 9.59 Å². The molecule has 2 unspecified atom stereocenters. The maximum absolute atomic E-state index is 13.2. The van der Waals surface area contributed by atoms with Crippen molar-refractivity contribution < 1.29 is 18.8 Å². The van der Waals surface area contributed by atoms with Crippen LogP contribution < -0.4 is 5.32 Å². The van der Waals surface area contributed by atoms with Gasteiger partial charge in [-0.2, -0.15) is 0 Å². The molecule has 4 heterocycles. The molecule has 3 atom stereocenters. The Morgan fingerprint density at radius 3 is 2.50 bits per heavy atom. The lowest BCUT2D eigenvalue weighted by molar-refractivity contribution is -0.939. The van der Waals surface area contributed by atoms with E-state index in [0.29, 0.717) is 28.7 Å². The van der Waals surface area contributed by atoms with Crippen LogP contribution in [0.2, 0.25) is 0 Å². The summed E-state index contributed by atoms with van der Waals surface area (Å²) in [5, 5.41) is 2.92. The molecule has 4 fully saturated rings. The maximum Gasteiger partial charge on any atom is 0.309 e. The van der Waals surface area contributed by atoms with E-state index in [0.717, 1.165) is 64.6 Å². The third-order valence-electron chi connectivity index (χ3n) is 8.29. The first kappa shape index (κ1) is 23.0. The first-order valence-corrected chi connectivity index (χ1v) is 12.9. The van der Waals surface area contributed by atoms with Gasteiger partial charge in [-0.05, 0) is 49.3 Å². The number of benzene rings is 1. The number of hydrogen-bond donors (Lipinski definition) is 1.